The van der Waals surface area contributed by atoms with Gasteiger partial charge < -0.3 is 14.5 Å². The Hall–Kier alpha value is -3.61. The van der Waals surface area contributed by atoms with E-state index in [1.54, 1.807) is 25.1 Å². The van der Waals surface area contributed by atoms with Gasteiger partial charge in [0.1, 0.15) is 12.0 Å². The summed E-state index contributed by atoms with van der Waals surface area (Å²) in [5.74, 6) is 0.296. The molecular formula is C22H21N3O4. The number of anilines is 1. The molecule has 0 aliphatic carbocycles. The quantitative estimate of drug-likeness (QED) is 0.723. The van der Waals surface area contributed by atoms with Crippen molar-refractivity contribution in [1.29, 1.82) is 0 Å². The molecule has 2 heterocycles. The number of para-hydroxylation sites is 2. The van der Waals surface area contributed by atoms with E-state index < -0.39 is 6.10 Å². The number of amides is 2. The molecule has 7 heteroatoms. The SMILES string of the molecule is Cc1nc(C(=O)N2C[C@H](C(=O)NCCc3ccccc3)Oc3ccccc32)co1. The summed E-state index contributed by atoms with van der Waals surface area (Å²) in [4.78, 5) is 31.3. The Labute approximate surface area is 168 Å². The first kappa shape index (κ1) is 18.7. The first-order valence-corrected chi connectivity index (χ1v) is 9.43. The van der Waals surface area contributed by atoms with Crippen molar-refractivity contribution in [3.05, 3.63) is 78.0 Å². The lowest BCUT2D eigenvalue weighted by Crippen LogP contribution is -2.51. The Morgan fingerprint density at radius 2 is 1.90 bits per heavy atom. The third kappa shape index (κ3) is 4.13. The minimum absolute atomic E-state index is 0.0962. The third-order valence-electron chi connectivity index (χ3n) is 4.71. The van der Waals surface area contributed by atoms with Crippen LogP contribution in [0.15, 0.2) is 65.3 Å². The second kappa shape index (κ2) is 8.18. The van der Waals surface area contributed by atoms with Gasteiger partial charge in [-0.3, -0.25) is 14.5 Å². The van der Waals surface area contributed by atoms with Crippen molar-refractivity contribution < 1.29 is 18.7 Å². The van der Waals surface area contributed by atoms with Crippen LogP contribution in [-0.4, -0.2) is 36.0 Å². The van der Waals surface area contributed by atoms with E-state index in [-0.39, 0.29) is 24.1 Å². The van der Waals surface area contributed by atoms with Crippen molar-refractivity contribution in [2.75, 3.05) is 18.0 Å². The molecule has 0 fully saturated rings. The van der Waals surface area contributed by atoms with Crippen molar-refractivity contribution in [3.63, 3.8) is 0 Å². The van der Waals surface area contributed by atoms with Crippen molar-refractivity contribution >= 4 is 17.5 Å². The number of carbonyl (C=O) groups excluding carboxylic acids is 2. The lowest BCUT2D eigenvalue weighted by atomic mass is 10.1. The summed E-state index contributed by atoms with van der Waals surface area (Å²) >= 11 is 0. The van der Waals surface area contributed by atoms with Gasteiger partial charge in [0.05, 0.1) is 12.2 Å². The summed E-state index contributed by atoms with van der Waals surface area (Å²) in [7, 11) is 0. The zero-order chi connectivity index (χ0) is 20.2. The maximum atomic E-state index is 13.0. The van der Waals surface area contributed by atoms with Gasteiger partial charge in [0.15, 0.2) is 17.7 Å². The topological polar surface area (TPSA) is 84.7 Å². The van der Waals surface area contributed by atoms with E-state index in [1.165, 1.54) is 11.2 Å². The molecule has 0 unspecified atom stereocenters. The lowest BCUT2D eigenvalue weighted by Gasteiger charge is -2.33. The minimum atomic E-state index is -0.808. The number of nitrogens with zero attached hydrogens (tertiary/aromatic N) is 2. The van der Waals surface area contributed by atoms with Crippen LogP contribution in [0.25, 0.3) is 0 Å². The molecule has 7 nitrogen and oxygen atoms in total. The highest BCUT2D eigenvalue weighted by atomic mass is 16.5. The monoisotopic (exact) mass is 391 g/mol. The van der Waals surface area contributed by atoms with Gasteiger partial charge in [-0.05, 0) is 24.1 Å². The molecule has 0 radical (unpaired) electrons. The van der Waals surface area contributed by atoms with Crippen LogP contribution < -0.4 is 15.0 Å². The molecule has 0 bridgehead atoms. The summed E-state index contributed by atoms with van der Waals surface area (Å²) in [6, 6.07) is 17.1. The van der Waals surface area contributed by atoms with Crippen molar-refractivity contribution in [1.82, 2.24) is 10.3 Å². The van der Waals surface area contributed by atoms with E-state index in [4.69, 9.17) is 9.15 Å². The van der Waals surface area contributed by atoms with E-state index >= 15 is 0 Å². The average molecular weight is 391 g/mol. The standard InChI is InChI=1S/C22H21N3O4/c1-15-24-17(14-28-15)22(27)25-13-20(29-19-10-6-5-9-18(19)25)21(26)23-12-11-16-7-3-2-4-8-16/h2-10,14,20H,11-13H2,1H3,(H,23,26)/t20-/m1/s1. The van der Waals surface area contributed by atoms with E-state index in [0.717, 1.165) is 12.0 Å². The molecule has 29 heavy (non-hydrogen) atoms. The zero-order valence-electron chi connectivity index (χ0n) is 16.0. The highest BCUT2D eigenvalue weighted by molar-refractivity contribution is 6.06. The highest BCUT2D eigenvalue weighted by Gasteiger charge is 2.34. The Balaban J connectivity index is 1.47. The number of carbonyl (C=O) groups is 2. The Bertz CT molecular complexity index is 1020. The fourth-order valence-electron chi connectivity index (χ4n) is 3.25. The minimum Gasteiger partial charge on any atom is -0.477 e. The molecule has 2 amide bonds. The molecule has 0 spiro atoms. The third-order valence-corrected chi connectivity index (χ3v) is 4.71. The molecule has 1 aromatic heterocycles. The average Bonchev–Trinajstić information content (AvgIpc) is 3.19. The number of aromatic nitrogens is 1. The number of rotatable bonds is 5. The number of nitrogens with one attached hydrogen (secondary N) is 1. The van der Waals surface area contributed by atoms with Gasteiger partial charge >= 0.3 is 0 Å². The van der Waals surface area contributed by atoms with Crippen LogP contribution in [0.2, 0.25) is 0 Å². The van der Waals surface area contributed by atoms with Gasteiger partial charge in [0, 0.05) is 13.5 Å². The number of hydrogen-bond donors (Lipinski definition) is 1. The number of fused-ring (bicyclic) bond motifs is 1. The molecule has 2 aromatic carbocycles. The first-order chi connectivity index (χ1) is 14.1. The Morgan fingerprint density at radius 1 is 1.14 bits per heavy atom. The fourth-order valence-corrected chi connectivity index (χ4v) is 3.25. The fraction of sp³-hybridized carbons (Fsp3) is 0.227. The van der Waals surface area contributed by atoms with Crippen LogP contribution >= 0.6 is 0 Å². The van der Waals surface area contributed by atoms with Crippen LogP contribution in [0, 0.1) is 6.92 Å². The Kier molecular flexibility index (Phi) is 5.29. The molecular weight excluding hydrogens is 370 g/mol. The predicted octanol–water partition coefficient (Wildman–Crippen LogP) is 2.75. The maximum absolute atomic E-state index is 13.0. The highest BCUT2D eigenvalue weighted by Crippen LogP contribution is 2.34. The molecule has 0 saturated heterocycles. The first-order valence-electron chi connectivity index (χ1n) is 9.43. The molecule has 1 aliphatic rings. The summed E-state index contributed by atoms with van der Waals surface area (Å²) in [6.07, 6.45) is 1.24. The number of oxazole rings is 1. The van der Waals surface area contributed by atoms with Crippen molar-refractivity contribution in [2.45, 2.75) is 19.4 Å². The normalized spacial score (nSPS) is 15.3. The summed E-state index contributed by atoms with van der Waals surface area (Å²) in [6.45, 7) is 2.26. The number of aryl methyl sites for hydroxylation is 1. The zero-order valence-corrected chi connectivity index (χ0v) is 16.0. The number of hydrogen-bond acceptors (Lipinski definition) is 5. The van der Waals surface area contributed by atoms with E-state index in [9.17, 15) is 9.59 Å². The van der Waals surface area contributed by atoms with Gasteiger partial charge in [-0.25, -0.2) is 4.98 Å². The van der Waals surface area contributed by atoms with Gasteiger partial charge in [0.2, 0.25) is 0 Å². The van der Waals surface area contributed by atoms with Crippen molar-refractivity contribution in [2.24, 2.45) is 0 Å². The van der Waals surface area contributed by atoms with Crippen LogP contribution in [-0.2, 0) is 11.2 Å². The molecule has 3 aromatic rings. The second-order valence-electron chi connectivity index (χ2n) is 6.77. The smallest absolute Gasteiger partial charge is 0.280 e. The molecule has 1 atom stereocenters. The van der Waals surface area contributed by atoms with Gasteiger partial charge in [-0.1, -0.05) is 42.5 Å². The molecule has 148 valence electrons. The van der Waals surface area contributed by atoms with Crippen LogP contribution in [0.4, 0.5) is 5.69 Å². The largest absolute Gasteiger partial charge is 0.477 e. The number of benzene rings is 2. The predicted molar refractivity (Wildman–Crippen MR) is 107 cm³/mol. The molecule has 4 rings (SSSR count). The van der Waals surface area contributed by atoms with E-state index in [1.807, 2.05) is 36.4 Å². The number of ether oxygens (including phenoxy) is 1. The van der Waals surface area contributed by atoms with Crippen molar-refractivity contribution in [3.8, 4) is 5.75 Å². The van der Waals surface area contributed by atoms with Gasteiger partial charge in [-0.2, -0.15) is 0 Å². The molecule has 0 saturated carbocycles. The van der Waals surface area contributed by atoms with Crippen LogP contribution in [0.5, 0.6) is 5.75 Å². The molecule has 1 N–H and O–H groups in total. The van der Waals surface area contributed by atoms with Gasteiger partial charge in [-0.15, -0.1) is 0 Å². The summed E-state index contributed by atoms with van der Waals surface area (Å²) in [5.41, 5.74) is 1.94. The van der Waals surface area contributed by atoms with E-state index in [2.05, 4.69) is 10.3 Å². The van der Waals surface area contributed by atoms with E-state index in [0.29, 0.717) is 23.9 Å². The molecule has 1 aliphatic heterocycles. The summed E-state index contributed by atoms with van der Waals surface area (Å²) in [5, 5.41) is 2.90. The Morgan fingerprint density at radius 3 is 2.66 bits per heavy atom. The summed E-state index contributed by atoms with van der Waals surface area (Å²) < 4.78 is 11.0. The lowest BCUT2D eigenvalue weighted by molar-refractivity contribution is -0.127. The second-order valence-corrected chi connectivity index (χ2v) is 6.77. The maximum Gasteiger partial charge on any atom is 0.280 e. The van der Waals surface area contributed by atoms with Crippen LogP contribution in [0.3, 0.4) is 0 Å². The van der Waals surface area contributed by atoms with Gasteiger partial charge in [0.25, 0.3) is 11.8 Å². The van der Waals surface area contributed by atoms with Crippen LogP contribution in [0.1, 0.15) is 21.9 Å².